The first kappa shape index (κ1) is 11.1. The molecule has 0 bridgehead atoms. The zero-order chi connectivity index (χ0) is 10.6. The molecule has 14 heavy (non-hydrogen) atoms. The number of aliphatic hydroxyl groups is 1. The Bertz CT molecular complexity index is 272. The Balaban J connectivity index is 2.22. The molecule has 6 heteroatoms. The lowest BCUT2D eigenvalue weighted by molar-refractivity contribution is 0.123. The third kappa shape index (κ3) is 3.39. The second-order valence-electron chi connectivity index (χ2n) is 3.64. The molecular formula is C8H17N5O. The Kier molecular flexibility index (Phi) is 3.97. The zero-order valence-corrected chi connectivity index (χ0v) is 8.80. The summed E-state index contributed by atoms with van der Waals surface area (Å²) in [5.74, 6) is 0.903. The van der Waals surface area contributed by atoms with Gasteiger partial charge in [-0.1, -0.05) is 13.8 Å². The maximum atomic E-state index is 9.49. The number of aryl methyl sites for hydroxylation is 1. The van der Waals surface area contributed by atoms with Crippen LogP contribution >= 0.6 is 0 Å². The fraction of sp³-hybridized carbons (Fsp3) is 0.875. The fourth-order valence-electron chi connectivity index (χ4n) is 0.962. The SMILES string of the molecule is CC(C)C(O)CNCc1nnn(C)n1. The largest absolute Gasteiger partial charge is 0.392 e. The van der Waals surface area contributed by atoms with E-state index in [2.05, 4.69) is 20.7 Å². The molecule has 0 aliphatic heterocycles. The van der Waals surface area contributed by atoms with Crippen LogP contribution in [-0.2, 0) is 13.6 Å². The van der Waals surface area contributed by atoms with Crippen molar-refractivity contribution in [2.45, 2.75) is 26.5 Å². The van der Waals surface area contributed by atoms with E-state index in [1.165, 1.54) is 4.80 Å². The van der Waals surface area contributed by atoms with E-state index >= 15 is 0 Å². The minimum Gasteiger partial charge on any atom is -0.392 e. The maximum absolute atomic E-state index is 9.49. The molecule has 0 aromatic carbocycles. The van der Waals surface area contributed by atoms with E-state index in [0.717, 1.165) is 0 Å². The zero-order valence-electron chi connectivity index (χ0n) is 8.80. The summed E-state index contributed by atoms with van der Waals surface area (Å²) in [6, 6.07) is 0. The van der Waals surface area contributed by atoms with Gasteiger partial charge in [-0.25, -0.2) is 0 Å². The van der Waals surface area contributed by atoms with Crippen molar-refractivity contribution in [2.24, 2.45) is 13.0 Å². The van der Waals surface area contributed by atoms with E-state index in [0.29, 0.717) is 18.9 Å². The van der Waals surface area contributed by atoms with Crippen LogP contribution in [0, 0.1) is 5.92 Å². The van der Waals surface area contributed by atoms with Gasteiger partial charge in [-0.3, -0.25) is 0 Å². The highest BCUT2D eigenvalue weighted by Gasteiger charge is 2.08. The lowest BCUT2D eigenvalue weighted by Gasteiger charge is -2.13. The summed E-state index contributed by atoms with van der Waals surface area (Å²) in [6.45, 7) is 5.05. The van der Waals surface area contributed by atoms with Crippen molar-refractivity contribution >= 4 is 0 Å². The van der Waals surface area contributed by atoms with Crippen LogP contribution in [0.2, 0.25) is 0 Å². The van der Waals surface area contributed by atoms with Crippen molar-refractivity contribution in [3.05, 3.63) is 5.82 Å². The van der Waals surface area contributed by atoms with Gasteiger partial charge in [0.25, 0.3) is 0 Å². The summed E-state index contributed by atoms with van der Waals surface area (Å²) in [6.07, 6.45) is -0.327. The predicted octanol–water partition coefficient (Wildman–Crippen LogP) is -0.683. The third-order valence-corrected chi connectivity index (χ3v) is 1.96. The van der Waals surface area contributed by atoms with Gasteiger partial charge in [0.2, 0.25) is 0 Å². The predicted molar refractivity (Wildman–Crippen MR) is 51.3 cm³/mol. The standard InChI is InChI=1S/C8H17N5O/c1-6(2)7(14)4-9-5-8-10-12-13(3)11-8/h6-7,9,14H,4-5H2,1-3H3. The molecule has 0 aliphatic rings. The Hall–Kier alpha value is -1.01. The van der Waals surface area contributed by atoms with Crippen LogP contribution in [0.3, 0.4) is 0 Å². The van der Waals surface area contributed by atoms with Crippen molar-refractivity contribution in [3.63, 3.8) is 0 Å². The van der Waals surface area contributed by atoms with Crippen molar-refractivity contribution in [1.29, 1.82) is 0 Å². The highest BCUT2D eigenvalue weighted by atomic mass is 16.3. The second kappa shape index (κ2) is 5.02. The minimum absolute atomic E-state index is 0.261. The van der Waals surface area contributed by atoms with Gasteiger partial charge in [-0.2, -0.15) is 4.80 Å². The van der Waals surface area contributed by atoms with Gasteiger partial charge in [0.05, 0.1) is 19.7 Å². The molecule has 1 unspecified atom stereocenters. The van der Waals surface area contributed by atoms with Crippen LogP contribution in [0.4, 0.5) is 0 Å². The molecule has 6 nitrogen and oxygen atoms in total. The summed E-state index contributed by atoms with van der Waals surface area (Å²) in [5.41, 5.74) is 0. The van der Waals surface area contributed by atoms with Gasteiger partial charge < -0.3 is 10.4 Å². The molecule has 1 rings (SSSR count). The van der Waals surface area contributed by atoms with Crippen molar-refractivity contribution in [2.75, 3.05) is 6.54 Å². The summed E-state index contributed by atoms with van der Waals surface area (Å²) >= 11 is 0. The average molecular weight is 199 g/mol. The minimum atomic E-state index is -0.327. The summed E-state index contributed by atoms with van der Waals surface area (Å²) in [7, 11) is 1.72. The number of rotatable bonds is 5. The van der Waals surface area contributed by atoms with E-state index in [9.17, 15) is 5.11 Å². The number of nitrogens with zero attached hydrogens (tertiary/aromatic N) is 4. The van der Waals surface area contributed by atoms with E-state index in [1.807, 2.05) is 13.8 Å². The molecule has 2 N–H and O–H groups in total. The van der Waals surface area contributed by atoms with Crippen molar-refractivity contribution in [3.8, 4) is 0 Å². The van der Waals surface area contributed by atoms with Crippen LogP contribution in [0.1, 0.15) is 19.7 Å². The van der Waals surface area contributed by atoms with Crippen LogP contribution < -0.4 is 5.32 Å². The quantitative estimate of drug-likeness (QED) is 0.657. The molecular weight excluding hydrogens is 182 g/mol. The van der Waals surface area contributed by atoms with Crippen LogP contribution in [0.5, 0.6) is 0 Å². The number of aliphatic hydroxyl groups excluding tert-OH is 1. The topological polar surface area (TPSA) is 75.9 Å². The molecule has 0 saturated carbocycles. The number of aromatic nitrogens is 4. The lowest BCUT2D eigenvalue weighted by atomic mass is 10.1. The first-order valence-corrected chi connectivity index (χ1v) is 4.71. The van der Waals surface area contributed by atoms with E-state index in [4.69, 9.17) is 0 Å². The molecule has 0 amide bonds. The number of hydrogen-bond acceptors (Lipinski definition) is 5. The van der Waals surface area contributed by atoms with E-state index < -0.39 is 0 Å². The Morgan fingerprint density at radius 2 is 2.21 bits per heavy atom. The Labute approximate surface area is 83.3 Å². The number of hydrogen-bond donors (Lipinski definition) is 2. The molecule has 0 radical (unpaired) electrons. The van der Waals surface area contributed by atoms with Crippen LogP contribution in [0.25, 0.3) is 0 Å². The molecule has 0 saturated heterocycles. The van der Waals surface area contributed by atoms with Crippen LogP contribution in [0.15, 0.2) is 0 Å². The van der Waals surface area contributed by atoms with E-state index in [-0.39, 0.29) is 12.0 Å². The first-order chi connectivity index (χ1) is 6.59. The molecule has 1 heterocycles. The number of nitrogens with one attached hydrogen (secondary N) is 1. The van der Waals surface area contributed by atoms with Crippen molar-refractivity contribution in [1.82, 2.24) is 25.5 Å². The molecule has 0 spiro atoms. The molecule has 80 valence electrons. The highest BCUT2D eigenvalue weighted by Crippen LogP contribution is 1.98. The summed E-state index contributed by atoms with van der Waals surface area (Å²) in [4.78, 5) is 1.41. The number of tetrazole rings is 1. The smallest absolute Gasteiger partial charge is 0.188 e. The molecule has 1 aromatic rings. The summed E-state index contributed by atoms with van der Waals surface area (Å²) in [5, 5.41) is 24.1. The molecule has 1 atom stereocenters. The fourth-order valence-corrected chi connectivity index (χ4v) is 0.962. The Morgan fingerprint density at radius 1 is 1.50 bits per heavy atom. The molecule has 0 fully saturated rings. The van der Waals surface area contributed by atoms with E-state index in [1.54, 1.807) is 7.05 Å². The van der Waals surface area contributed by atoms with Crippen molar-refractivity contribution < 1.29 is 5.11 Å². The van der Waals surface area contributed by atoms with Crippen LogP contribution in [-0.4, -0.2) is 38.0 Å². The third-order valence-electron chi connectivity index (χ3n) is 1.96. The maximum Gasteiger partial charge on any atom is 0.188 e. The second-order valence-corrected chi connectivity index (χ2v) is 3.64. The van der Waals surface area contributed by atoms with Gasteiger partial charge in [0.15, 0.2) is 5.82 Å². The van der Waals surface area contributed by atoms with Gasteiger partial charge >= 0.3 is 0 Å². The normalized spacial score (nSPS) is 13.5. The molecule has 0 aliphatic carbocycles. The first-order valence-electron chi connectivity index (χ1n) is 4.71. The van der Waals surface area contributed by atoms with Gasteiger partial charge in [0.1, 0.15) is 0 Å². The summed E-state index contributed by atoms with van der Waals surface area (Å²) < 4.78 is 0. The average Bonchev–Trinajstić information content (AvgIpc) is 2.51. The highest BCUT2D eigenvalue weighted by molar-refractivity contribution is 4.76. The Morgan fingerprint density at radius 3 is 2.71 bits per heavy atom. The monoisotopic (exact) mass is 199 g/mol. The molecule has 1 aromatic heterocycles. The lowest BCUT2D eigenvalue weighted by Crippen LogP contribution is -2.30. The van der Waals surface area contributed by atoms with Gasteiger partial charge in [-0.05, 0) is 11.1 Å². The van der Waals surface area contributed by atoms with Gasteiger partial charge in [0, 0.05) is 6.54 Å². The van der Waals surface area contributed by atoms with Gasteiger partial charge in [-0.15, -0.1) is 10.2 Å².